The van der Waals surface area contributed by atoms with E-state index in [1.807, 2.05) is 35.7 Å². The summed E-state index contributed by atoms with van der Waals surface area (Å²) in [4.78, 5) is 14.9. The predicted molar refractivity (Wildman–Crippen MR) is 82.8 cm³/mol. The molecular formula is C15H16ClNO2S. The second kappa shape index (κ2) is 7.31. The second-order valence-electron chi connectivity index (χ2n) is 4.22. The molecule has 2 rings (SSSR count). The number of rotatable bonds is 6. The number of alkyl halides is 1. The van der Waals surface area contributed by atoms with E-state index in [0.29, 0.717) is 29.6 Å². The molecule has 0 bridgehead atoms. The lowest BCUT2D eigenvalue weighted by atomic mass is 10.2. The highest BCUT2D eigenvalue weighted by Gasteiger charge is 2.20. The van der Waals surface area contributed by atoms with Crippen LogP contribution in [0.15, 0.2) is 41.8 Å². The topological polar surface area (TPSA) is 29.5 Å². The van der Waals surface area contributed by atoms with Gasteiger partial charge >= 0.3 is 0 Å². The average Bonchev–Trinajstić information content (AvgIpc) is 2.95. The first kappa shape index (κ1) is 14.9. The van der Waals surface area contributed by atoms with Gasteiger partial charge in [0.15, 0.2) is 0 Å². The van der Waals surface area contributed by atoms with Crippen LogP contribution in [0.25, 0.3) is 0 Å². The Labute approximate surface area is 127 Å². The molecule has 1 aromatic carbocycles. The van der Waals surface area contributed by atoms with Gasteiger partial charge in [0.2, 0.25) is 0 Å². The maximum Gasteiger partial charge on any atom is 0.268 e. The van der Waals surface area contributed by atoms with E-state index in [-0.39, 0.29) is 5.91 Å². The Hall–Kier alpha value is -1.52. The van der Waals surface area contributed by atoms with Gasteiger partial charge in [-0.25, -0.2) is 0 Å². The Morgan fingerprint density at radius 1 is 1.30 bits per heavy atom. The predicted octanol–water partition coefficient (Wildman–Crippen LogP) is 3.64. The minimum atomic E-state index is -0.0404. The quantitative estimate of drug-likeness (QED) is 0.763. The number of thiophene rings is 1. The van der Waals surface area contributed by atoms with Crippen LogP contribution in [0.5, 0.6) is 5.75 Å². The molecule has 0 N–H and O–H groups in total. The van der Waals surface area contributed by atoms with Gasteiger partial charge in [0.05, 0.1) is 7.11 Å². The molecule has 0 fully saturated rings. The number of methoxy groups -OCH3 is 1. The van der Waals surface area contributed by atoms with Crippen LogP contribution in [0.4, 0.5) is 0 Å². The van der Waals surface area contributed by atoms with E-state index in [1.54, 1.807) is 18.1 Å². The SMILES string of the molecule is COc1ccsc1C(=O)N(CCCl)Cc1ccccc1. The lowest BCUT2D eigenvalue weighted by Crippen LogP contribution is -2.32. The number of amides is 1. The number of ether oxygens (including phenoxy) is 1. The van der Waals surface area contributed by atoms with Crippen LogP contribution in [0.3, 0.4) is 0 Å². The Bertz CT molecular complexity index is 556. The zero-order valence-corrected chi connectivity index (χ0v) is 12.8. The van der Waals surface area contributed by atoms with Crippen molar-refractivity contribution < 1.29 is 9.53 Å². The molecule has 1 heterocycles. The van der Waals surface area contributed by atoms with Gasteiger partial charge in [0, 0.05) is 19.0 Å². The summed E-state index contributed by atoms with van der Waals surface area (Å²) >= 11 is 7.21. The van der Waals surface area contributed by atoms with Gasteiger partial charge in [-0.3, -0.25) is 4.79 Å². The molecule has 0 radical (unpaired) electrons. The first-order valence-electron chi connectivity index (χ1n) is 6.27. The van der Waals surface area contributed by atoms with Crippen LogP contribution in [0.2, 0.25) is 0 Å². The van der Waals surface area contributed by atoms with Gasteiger partial charge in [-0.15, -0.1) is 22.9 Å². The smallest absolute Gasteiger partial charge is 0.268 e. The van der Waals surface area contributed by atoms with Crippen LogP contribution in [-0.4, -0.2) is 30.3 Å². The minimum Gasteiger partial charge on any atom is -0.495 e. The number of halogens is 1. The van der Waals surface area contributed by atoms with Crippen molar-refractivity contribution in [1.29, 1.82) is 0 Å². The van der Waals surface area contributed by atoms with Gasteiger partial charge in [0.25, 0.3) is 5.91 Å². The molecule has 0 atom stereocenters. The maximum atomic E-state index is 12.6. The summed E-state index contributed by atoms with van der Waals surface area (Å²) in [6.07, 6.45) is 0. The van der Waals surface area contributed by atoms with Crippen LogP contribution in [0, 0.1) is 0 Å². The molecule has 20 heavy (non-hydrogen) atoms. The molecule has 106 valence electrons. The monoisotopic (exact) mass is 309 g/mol. The fourth-order valence-electron chi connectivity index (χ4n) is 1.92. The van der Waals surface area contributed by atoms with Crippen LogP contribution < -0.4 is 4.74 Å². The average molecular weight is 310 g/mol. The minimum absolute atomic E-state index is 0.0404. The highest BCUT2D eigenvalue weighted by molar-refractivity contribution is 7.12. The first-order valence-corrected chi connectivity index (χ1v) is 7.68. The molecule has 2 aromatic rings. The highest BCUT2D eigenvalue weighted by Crippen LogP contribution is 2.26. The van der Waals surface area contributed by atoms with Crippen molar-refractivity contribution in [3.8, 4) is 5.75 Å². The van der Waals surface area contributed by atoms with Crippen LogP contribution in [-0.2, 0) is 6.54 Å². The number of hydrogen-bond donors (Lipinski definition) is 0. The molecule has 0 aliphatic heterocycles. The molecular weight excluding hydrogens is 294 g/mol. The first-order chi connectivity index (χ1) is 9.76. The van der Waals surface area contributed by atoms with E-state index in [4.69, 9.17) is 16.3 Å². The van der Waals surface area contributed by atoms with E-state index in [0.717, 1.165) is 5.56 Å². The number of carbonyl (C=O) groups excluding carboxylic acids is 1. The zero-order chi connectivity index (χ0) is 14.4. The van der Waals surface area contributed by atoms with Gasteiger partial charge in [-0.2, -0.15) is 0 Å². The van der Waals surface area contributed by atoms with Gasteiger partial charge in [-0.1, -0.05) is 30.3 Å². The van der Waals surface area contributed by atoms with Gasteiger partial charge < -0.3 is 9.64 Å². The molecule has 1 aromatic heterocycles. The van der Waals surface area contributed by atoms with Crippen LogP contribution in [0.1, 0.15) is 15.2 Å². The van der Waals surface area contributed by atoms with Crippen molar-refractivity contribution in [2.24, 2.45) is 0 Å². The maximum absolute atomic E-state index is 12.6. The fourth-order valence-corrected chi connectivity index (χ4v) is 2.95. The van der Waals surface area contributed by atoms with E-state index >= 15 is 0 Å². The molecule has 0 unspecified atom stereocenters. The van der Waals surface area contributed by atoms with E-state index in [1.165, 1.54) is 11.3 Å². The fraction of sp³-hybridized carbons (Fsp3) is 0.267. The molecule has 0 saturated carbocycles. The Morgan fingerprint density at radius 3 is 2.70 bits per heavy atom. The van der Waals surface area contributed by atoms with Crippen molar-refractivity contribution >= 4 is 28.8 Å². The highest BCUT2D eigenvalue weighted by atomic mass is 35.5. The second-order valence-corrected chi connectivity index (χ2v) is 5.51. The normalized spacial score (nSPS) is 10.3. The summed E-state index contributed by atoms with van der Waals surface area (Å²) in [6.45, 7) is 1.06. The van der Waals surface area contributed by atoms with E-state index < -0.39 is 0 Å². The summed E-state index contributed by atoms with van der Waals surface area (Å²) in [5, 5.41) is 1.85. The van der Waals surface area contributed by atoms with Gasteiger partial charge in [-0.05, 0) is 17.0 Å². The summed E-state index contributed by atoms with van der Waals surface area (Å²) in [6, 6.07) is 11.7. The lowest BCUT2D eigenvalue weighted by Gasteiger charge is -2.21. The summed E-state index contributed by atoms with van der Waals surface area (Å²) in [5.74, 6) is 0.987. The van der Waals surface area contributed by atoms with Gasteiger partial charge in [0.1, 0.15) is 10.6 Å². The largest absolute Gasteiger partial charge is 0.495 e. The number of nitrogens with zero attached hydrogens (tertiary/aromatic N) is 1. The third-order valence-electron chi connectivity index (χ3n) is 2.90. The summed E-state index contributed by atoms with van der Waals surface area (Å²) in [7, 11) is 1.57. The van der Waals surface area contributed by atoms with Crippen molar-refractivity contribution in [1.82, 2.24) is 4.90 Å². The molecule has 0 saturated heterocycles. The van der Waals surface area contributed by atoms with Crippen molar-refractivity contribution in [2.75, 3.05) is 19.5 Å². The molecule has 0 spiro atoms. The number of carbonyl (C=O) groups is 1. The molecule has 0 aliphatic carbocycles. The number of hydrogen-bond acceptors (Lipinski definition) is 3. The molecule has 3 nitrogen and oxygen atoms in total. The van der Waals surface area contributed by atoms with Crippen molar-refractivity contribution in [3.05, 3.63) is 52.2 Å². The molecule has 0 aliphatic rings. The number of benzene rings is 1. The van der Waals surface area contributed by atoms with Crippen LogP contribution >= 0.6 is 22.9 Å². The standard InChI is InChI=1S/C15H16ClNO2S/c1-19-13-7-10-20-14(13)15(18)17(9-8-16)11-12-5-3-2-4-6-12/h2-7,10H,8-9,11H2,1H3. The van der Waals surface area contributed by atoms with E-state index in [2.05, 4.69) is 0 Å². The third-order valence-corrected chi connectivity index (χ3v) is 3.95. The lowest BCUT2D eigenvalue weighted by molar-refractivity contribution is 0.0755. The molecule has 1 amide bonds. The Balaban J connectivity index is 2.18. The summed E-state index contributed by atoms with van der Waals surface area (Å²) in [5.41, 5.74) is 1.08. The van der Waals surface area contributed by atoms with E-state index in [9.17, 15) is 4.79 Å². The van der Waals surface area contributed by atoms with Crippen molar-refractivity contribution in [2.45, 2.75) is 6.54 Å². The Morgan fingerprint density at radius 2 is 2.05 bits per heavy atom. The third kappa shape index (κ3) is 3.52. The summed E-state index contributed by atoms with van der Waals surface area (Å²) < 4.78 is 5.21. The zero-order valence-electron chi connectivity index (χ0n) is 11.2. The Kier molecular flexibility index (Phi) is 5.44. The van der Waals surface area contributed by atoms with Crippen molar-refractivity contribution in [3.63, 3.8) is 0 Å². The molecule has 5 heteroatoms.